The first-order chi connectivity index (χ1) is 11.6. The van der Waals surface area contributed by atoms with Gasteiger partial charge in [0.15, 0.2) is 0 Å². The van der Waals surface area contributed by atoms with Crippen molar-refractivity contribution in [3.8, 4) is 0 Å². The highest BCUT2D eigenvalue weighted by atomic mass is 19.1. The molecule has 2 N–H and O–H groups in total. The fourth-order valence-corrected chi connectivity index (χ4v) is 2.30. The molecule has 0 fully saturated rings. The van der Waals surface area contributed by atoms with Crippen molar-refractivity contribution in [3.05, 3.63) is 77.4 Å². The molecule has 0 amide bonds. The third-order valence-corrected chi connectivity index (χ3v) is 3.55. The summed E-state index contributed by atoms with van der Waals surface area (Å²) in [5.41, 5.74) is 3.17. The zero-order chi connectivity index (χ0) is 16.9. The molecule has 3 aromatic rings. The average Bonchev–Trinajstić information content (AvgIpc) is 2.56. The predicted molar refractivity (Wildman–Crippen MR) is 95.0 cm³/mol. The van der Waals surface area contributed by atoms with Crippen LogP contribution < -0.4 is 10.6 Å². The summed E-state index contributed by atoms with van der Waals surface area (Å²) in [6.07, 6.45) is 0. The van der Waals surface area contributed by atoms with Crippen LogP contribution in [0, 0.1) is 19.7 Å². The standard InChI is InChI=1S/C19H19FN4/c1-13-3-9-17(10-4-13)24-19-11-18(22-14(2)23-19)21-12-15-5-7-16(20)8-6-15/h3-11H,12H2,1-2H3,(H2,21,22,23,24). The third-order valence-electron chi connectivity index (χ3n) is 3.55. The first kappa shape index (κ1) is 15.9. The van der Waals surface area contributed by atoms with Crippen molar-refractivity contribution in [2.45, 2.75) is 20.4 Å². The maximum Gasteiger partial charge on any atom is 0.136 e. The van der Waals surface area contributed by atoms with Gasteiger partial charge in [-0.25, -0.2) is 14.4 Å². The summed E-state index contributed by atoms with van der Waals surface area (Å²) in [7, 11) is 0. The van der Waals surface area contributed by atoms with Crippen LogP contribution in [0.15, 0.2) is 54.6 Å². The molecule has 0 saturated carbocycles. The Hall–Kier alpha value is -2.95. The quantitative estimate of drug-likeness (QED) is 0.721. The van der Waals surface area contributed by atoms with E-state index in [1.807, 2.05) is 37.3 Å². The molecule has 0 aliphatic rings. The Labute approximate surface area is 140 Å². The first-order valence-electron chi connectivity index (χ1n) is 7.76. The number of nitrogens with zero attached hydrogens (tertiary/aromatic N) is 2. The normalized spacial score (nSPS) is 10.5. The van der Waals surface area contributed by atoms with Crippen LogP contribution in [0.5, 0.6) is 0 Å². The minimum atomic E-state index is -0.235. The van der Waals surface area contributed by atoms with E-state index in [4.69, 9.17) is 0 Å². The van der Waals surface area contributed by atoms with E-state index in [1.54, 1.807) is 12.1 Å². The second-order valence-electron chi connectivity index (χ2n) is 5.66. The molecule has 1 heterocycles. The van der Waals surface area contributed by atoms with Gasteiger partial charge in [-0.2, -0.15) is 0 Å². The van der Waals surface area contributed by atoms with Crippen LogP contribution in [-0.4, -0.2) is 9.97 Å². The van der Waals surface area contributed by atoms with Gasteiger partial charge in [0.1, 0.15) is 23.3 Å². The largest absolute Gasteiger partial charge is 0.366 e. The van der Waals surface area contributed by atoms with Crippen LogP contribution >= 0.6 is 0 Å². The molecule has 0 aliphatic heterocycles. The number of rotatable bonds is 5. The maximum absolute atomic E-state index is 12.9. The number of benzene rings is 2. The summed E-state index contributed by atoms with van der Waals surface area (Å²) < 4.78 is 12.9. The van der Waals surface area contributed by atoms with E-state index in [0.29, 0.717) is 12.4 Å². The lowest BCUT2D eigenvalue weighted by Crippen LogP contribution is -2.05. The van der Waals surface area contributed by atoms with Gasteiger partial charge in [0.25, 0.3) is 0 Å². The SMILES string of the molecule is Cc1ccc(Nc2cc(NCc3ccc(F)cc3)nc(C)n2)cc1. The van der Waals surface area contributed by atoms with Crippen molar-refractivity contribution >= 4 is 17.3 Å². The fraction of sp³-hybridized carbons (Fsp3) is 0.158. The topological polar surface area (TPSA) is 49.8 Å². The lowest BCUT2D eigenvalue weighted by molar-refractivity contribution is 0.627. The Morgan fingerprint density at radius 1 is 0.875 bits per heavy atom. The molecule has 24 heavy (non-hydrogen) atoms. The molecule has 4 nitrogen and oxygen atoms in total. The van der Waals surface area contributed by atoms with Crippen molar-refractivity contribution in [1.29, 1.82) is 0 Å². The summed E-state index contributed by atoms with van der Waals surface area (Å²) in [5, 5.41) is 6.52. The molecule has 0 unspecified atom stereocenters. The van der Waals surface area contributed by atoms with E-state index in [9.17, 15) is 4.39 Å². The van der Waals surface area contributed by atoms with Gasteiger partial charge >= 0.3 is 0 Å². The number of aromatic nitrogens is 2. The molecule has 0 spiro atoms. The van der Waals surface area contributed by atoms with E-state index in [1.165, 1.54) is 17.7 Å². The molecule has 0 saturated heterocycles. The fourth-order valence-electron chi connectivity index (χ4n) is 2.30. The monoisotopic (exact) mass is 322 g/mol. The Kier molecular flexibility index (Phi) is 4.70. The van der Waals surface area contributed by atoms with Gasteiger partial charge < -0.3 is 10.6 Å². The summed E-state index contributed by atoms with van der Waals surface area (Å²) in [4.78, 5) is 8.79. The van der Waals surface area contributed by atoms with Gasteiger partial charge in [0.05, 0.1) is 0 Å². The van der Waals surface area contributed by atoms with Crippen molar-refractivity contribution in [3.63, 3.8) is 0 Å². The zero-order valence-corrected chi connectivity index (χ0v) is 13.7. The number of hydrogen-bond acceptors (Lipinski definition) is 4. The van der Waals surface area contributed by atoms with Crippen molar-refractivity contribution in [2.24, 2.45) is 0 Å². The van der Waals surface area contributed by atoms with E-state index in [0.717, 1.165) is 22.9 Å². The number of anilines is 3. The summed E-state index contributed by atoms with van der Waals surface area (Å²) in [6, 6.07) is 16.4. The van der Waals surface area contributed by atoms with E-state index in [2.05, 4.69) is 27.5 Å². The molecular weight excluding hydrogens is 303 g/mol. The summed E-state index contributed by atoms with van der Waals surface area (Å²) in [5.74, 6) is 1.89. The van der Waals surface area contributed by atoms with Crippen molar-refractivity contribution < 1.29 is 4.39 Å². The Morgan fingerprint density at radius 2 is 1.54 bits per heavy atom. The van der Waals surface area contributed by atoms with Gasteiger partial charge in [0, 0.05) is 18.3 Å². The molecule has 0 radical (unpaired) electrons. The second-order valence-corrected chi connectivity index (χ2v) is 5.66. The van der Waals surface area contributed by atoms with Crippen LogP contribution in [0.25, 0.3) is 0 Å². The van der Waals surface area contributed by atoms with Gasteiger partial charge in [-0.05, 0) is 43.7 Å². The predicted octanol–water partition coefficient (Wildman–Crippen LogP) is 4.59. The van der Waals surface area contributed by atoms with E-state index >= 15 is 0 Å². The first-order valence-corrected chi connectivity index (χ1v) is 7.76. The molecule has 3 rings (SSSR count). The highest BCUT2D eigenvalue weighted by Crippen LogP contribution is 2.18. The minimum absolute atomic E-state index is 0.235. The molecule has 2 aromatic carbocycles. The molecule has 1 aromatic heterocycles. The Bertz CT molecular complexity index is 814. The van der Waals surface area contributed by atoms with Crippen LogP contribution in [0.4, 0.5) is 21.7 Å². The molecule has 122 valence electrons. The lowest BCUT2D eigenvalue weighted by Gasteiger charge is -2.10. The van der Waals surface area contributed by atoms with Crippen LogP contribution in [0.1, 0.15) is 17.0 Å². The molecule has 0 bridgehead atoms. The van der Waals surface area contributed by atoms with E-state index in [-0.39, 0.29) is 5.82 Å². The van der Waals surface area contributed by atoms with Gasteiger partial charge in [-0.3, -0.25) is 0 Å². The van der Waals surface area contributed by atoms with Crippen LogP contribution in [-0.2, 0) is 6.54 Å². The van der Waals surface area contributed by atoms with Gasteiger partial charge in [0.2, 0.25) is 0 Å². The van der Waals surface area contributed by atoms with Gasteiger partial charge in [-0.1, -0.05) is 29.8 Å². The maximum atomic E-state index is 12.9. The van der Waals surface area contributed by atoms with E-state index < -0.39 is 0 Å². The zero-order valence-electron chi connectivity index (χ0n) is 13.7. The number of halogens is 1. The van der Waals surface area contributed by atoms with Crippen molar-refractivity contribution in [1.82, 2.24) is 9.97 Å². The number of nitrogens with one attached hydrogen (secondary N) is 2. The number of hydrogen-bond donors (Lipinski definition) is 2. The molecular formula is C19H19FN4. The second kappa shape index (κ2) is 7.08. The highest BCUT2D eigenvalue weighted by molar-refractivity contribution is 5.59. The molecule has 0 atom stereocenters. The minimum Gasteiger partial charge on any atom is -0.366 e. The van der Waals surface area contributed by atoms with Crippen LogP contribution in [0.2, 0.25) is 0 Å². The summed E-state index contributed by atoms with van der Waals surface area (Å²) in [6.45, 7) is 4.47. The van der Waals surface area contributed by atoms with Crippen molar-refractivity contribution in [2.75, 3.05) is 10.6 Å². The third kappa shape index (κ3) is 4.29. The highest BCUT2D eigenvalue weighted by Gasteiger charge is 2.03. The summed E-state index contributed by atoms with van der Waals surface area (Å²) >= 11 is 0. The lowest BCUT2D eigenvalue weighted by atomic mass is 10.2. The Balaban J connectivity index is 1.71. The Morgan fingerprint density at radius 3 is 2.25 bits per heavy atom. The number of aryl methyl sites for hydroxylation is 2. The van der Waals surface area contributed by atoms with Crippen LogP contribution in [0.3, 0.4) is 0 Å². The smallest absolute Gasteiger partial charge is 0.136 e. The molecule has 0 aliphatic carbocycles. The average molecular weight is 322 g/mol. The molecule has 5 heteroatoms. The van der Waals surface area contributed by atoms with Gasteiger partial charge in [-0.15, -0.1) is 0 Å².